The second kappa shape index (κ2) is 7.79. The van der Waals surface area contributed by atoms with E-state index in [1.165, 1.54) is 19.3 Å². The molecule has 0 spiro atoms. The van der Waals surface area contributed by atoms with E-state index in [4.69, 9.17) is 4.74 Å². The van der Waals surface area contributed by atoms with Gasteiger partial charge in [-0.25, -0.2) is 4.98 Å². The maximum atomic E-state index is 12.1. The fourth-order valence-electron chi connectivity index (χ4n) is 3.11. The molecule has 0 saturated heterocycles. The summed E-state index contributed by atoms with van der Waals surface area (Å²) in [5.74, 6) is 1.23. The summed E-state index contributed by atoms with van der Waals surface area (Å²) in [5, 5.41) is 6.15. The molecule has 128 valence electrons. The summed E-state index contributed by atoms with van der Waals surface area (Å²) in [5.41, 5.74) is 2.10. The van der Waals surface area contributed by atoms with Gasteiger partial charge < -0.3 is 10.1 Å². The Morgan fingerprint density at radius 3 is 2.71 bits per heavy atom. The average Bonchev–Trinajstić information content (AvgIpc) is 3.02. The van der Waals surface area contributed by atoms with Gasteiger partial charge >= 0.3 is 0 Å². The largest absolute Gasteiger partial charge is 0.484 e. The fourth-order valence-corrected chi connectivity index (χ4v) is 3.91. The number of carbonyl (C=O) groups is 1. The van der Waals surface area contributed by atoms with E-state index in [1.807, 2.05) is 36.6 Å². The quantitative estimate of drug-likeness (QED) is 0.885. The molecular weight excluding hydrogens is 320 g/mol. The van der Waals surface area contributed by atoms with E-state index in [0.717, 1.165) is 22.7 Å². The number of aryl methyl sites for hydroxylation is 1. The van der Waals surface area contributed by atoms with E-state index in [1.54, 1.807) is 11.3 Å². The van der Waals surface area contributed by atoms with Crippen molar-refractivity contribution in [2.75, 3.05) is 6.61 Å². The lowest BCUT2D eigenvalue weighted by atomic mass is 9.86. The van der Waals surface area contributed by atoms with Gasteiger partial charge in [-0.1, -0.05) is 19.8 Å². The van der Waals surface area contributed by atoms with Crippen LogP contribution in [0, 0.1) is 12.8 Å². The normalized spacial score (nSPS) is 20.6. The van der Waals surface area contributed by atoms with Gasteiger partial charge in [0.25, 0.3) is 5.91 Å². The number of aromatic nitrogens is 1. The third-order valence-electron chi connectivity index (χ3n) is 4.55. The molecule has 1 aliphatic carbocycles. The Kier molecular flexibility index (Phi) is 5.51. The minimum atomic E-state index is -0.0339. The van der Waals surface area contributed by atoms with Crippen LogP contribution in [0.4, 0.5) is 0 Å². The molecule has 3 rings (SSSR count). The van der Waals surface area contributed by atoms with E-state index >= 15 is 0 Å². The van der Waals surface area contributed by atoms with Gasteiger partial charge in [0, 0.05) is 22.7 Å². The fraction of sp³-hybridized carbons (Fsp3) is 0.474. The molecule has 1 aliphatic rings. The van der Waals surface area contributed by atoms with Crippen LogP contribution in [0.2, 0.25) is 0 Å². The van der Waals surface area contributed by atoms with Crippen molar-refractivity contribution in [1.29, 1.82) is 0 Å². The molecule has 0 unspecified atom stereocenters. The lowest BCUT2D eigenvalue weighted by Gasteiger charge is -2.29. The first-order valence-corrected chi connectivity index (χ1v) is 9.44. The van der Waals surface area contributed by atoms with E-state index in [9.17, 15) is 4.79 Å². The second-order valence-corrected chi connectivity index (χ2v) is 7.40. The monoisotopic (exact) mass is 344 g/mol. The molecular formula is C19H24N2O2S. The SMILES string of the molecule is Cc1csc(-c2ccc(OCC(=O)N[C@H]3CCCC[C@H]3C)cc2)n1. The van der Waals surface area contributed by atoms with Gasteiger partial charge in [0.15, 0.2) is 6.61 Å². The number of rotatable bonds is 5. The van der Waals surface area contributed by atoms with Gasteiger partial charge in [0.2, 0.25) is 0 Å². The van der Waals surface area contributed by atoms with Crippen molar-refractivity contribution in [3.8, 4) is 16.3 Å². The molecule has 0 radical (unpaired) electrons. The van der Waals surface area contributed by atoms with Crippen LogP contribution in [0.15, 0.2) is 29.6 Å². The summed E-state index contributed by atoms with van der Waals surface area (Å²) in [6.07, 6.45) is 4.75. The predicted molar refractivity (Wildman–Crippen MR) is 97.3 cm³/mol. The maximum Gasteiger partial charge on any atom is 0.258 e. The Hall–Kier alpha value is -1.88. The standard InChI is InChI=1S/C19H24N2O2S/c1-13-5-3-4-6-17(13)21-18(22)11-23-16-9-7-15(8-10-16)19-20-14(2)12-24-19/h7-10,12-13,17H,3-6,11H2,1-2H3,(H,21,22)/t13-,17+/m1/s1. The van der Waals surface area contributed by atoms with Gasteiger partial charge in [-0.3, -0.25) is 4.79 Å². The first-order chi connectivity index (χ1) is 11.6. The van der Waals surface area contributed by atoms with E-state index in [0.29, 0.717) is 17.7 Å². The minimum Gasteiger partial charge on any atom is -0.484 e. The van der Waals surface area contributed by atoms with Gasteiger partial charge in [0.1, 0.15) is 10.8 Å². The highest BCUT2D eigenvalue weighted by atomic mass is 32.1. The first kappa shape index (κ1) is 17.0. The van der Waals surface area contributed by atoms with Gasteiger partial charge in [-0.2, -0.15) is 0 Å². The maximum absolute atomic E-state index is 12.1. The predicted octanol–water partition coefficient (Wildman–Crippen LogP) is 4.19. The zero-order valence-corrected chi connectivity index (χ0v) is 15.1. The molecule has 1 amide bonds. The highest BCUT2D eigenvalue weighted by molar-refractivity contribution is 7.13. The van der Waals surface area contributed by atoms with Crippen LogP contribution in [0.25, 0.3) is 10.6 Å². The number of hydrogen-bond donors (Lipinski definition) is 1. The molecule has 1 aromatic heterocycles. The summed E-state index contributed by atoms with van der Waals surface area (Å²) in [6.45, 7) is 4.27. The first-order valence-electron chi connectivity index (χ1n) is 8.56. The molecule has 1 N–H and O–H groups in total. The Labute approximate surface area is 147 Å². The van der Waals surface area contributed by atoms with E-state index in [-0.39, 0.29) is 12.5 Å². The molecule has 1 heterocycles. The smallest absolute Gasteiger partial charge is 0.258 e. The number of ether oxygens (including phenoxy) is 1. The molecule has 5 heteroatoms. The van der Waals surface area contributed by atoms with Crippen LogP contribution in [-0.4, -0.2) is 23.5 Å². The van der Waals surface area contributed by atoms with Crippen LogP contribution in [0.3, 0.4) is 0 Å². The Bertz CT molecular complexity index is 681. The molecule has 1 saturated carbocycles. The van der Waals surface area contributed by atoms with E-state index in [2.05, 4.69) is 17.2 Å². The van der Waals surface area contributed by atoms with Crippen molar-refractivity contribution in [1.82, 2.24) is 10.3 Å². The molecule has 24 heavy (non-hydrogen) atoms. The highest BCUT2D eigenvalue weighted by Gasteiger charge is 2.22. The zero-order valence-electron chi connectivity index (χ0n) is 14.2. The third kappa shape index (κ3) is 4.35. The average molecular weight is 344 g/mol. The van der Waals surface area contributed by atoms with E-state index < -0.39 is 0 Å². The van der Waals surface area contributed by atoms with Crippen molar-refractivity contribution in [2.24, 2.45) is 5.92 Å². The van der Waals surface area contributed by atoms with Crippen LogP contribution in [-0.2, 0) is 4.79 Å². The lowest BCUT2D eigenvalue weighted by molar-refractivity contribution is -0.124. The summed E-state index contributed by atoms with van der Waals surface area (Å²) in [4.78, 5) is 16.5. The Morgan fingerprint density at radius 1 is 1.29 bits per heavy atom. The molecule has 0 bridgehead atoms. The van der Waals surface area contributed by atoms with Crippen molar-refractivity contribution in [3.05, 3.63) is 35.3 Å². The number of amides is 1. The van der Waals surface area contributed by atoms with Crippen molar-refractivity contribution in [3.63, 3.8) is 0 Å². The minimum absolute atomic E-state index is 0.0339. The Balaban J connectivity index is 1.50. The number of nitrogens with one attached hydrogen (secondary N) is 1. The number of carbonyl (C=O) groups excluding carboxylic acids is 1. The lowest BCUT2D eigenvalue weighted by Crippen LogP contribution is -2.43. The number of benzene rings is 1. The molecule has 2 atom stereocenters. The highest BCUT2D eigenvalue weighted by Crippen LogP contribution is 2.26. The molecule has 1 aromatic carbocycles. The zero-order chi connectivity index (χ0) is 16.9. The van der Waals surface area contributed by atoms with Crippen LogP contribution in [0.1, 0.15) is 38.3 Å². The van der Waals surface area contributed by atoms with Crippen LogP contribution in [0.5, 0.6) is 5.75 Å². The van der Waals surface area contributed by atoms with Crippen molar-refractivity contribution in [2.45, 2.75) is 45.6 Å². The molecule has 2 aromatic rings. The Morgan fingerprint density at radius 2 is 2.04 bits per heavy atom. The van der Waals surface area contributed by atoms with Gasteiger partial charge in [-0.15, -0.1) is 11.3 Å². The van der Waals surface area contributed by atoms with Gasteiger partial charge in [0.05, 0.1) is 0 Å². The number of nitrogens with zero attached hydrogens (tertiary/aromatic N) is 1. The molecule has 0 aliphatic heterocycles. The summed E-state index contributed by atoms with van der Waals surface area (Å²) in [7, 11) is 0. The summed E-state index contributed by atoms with van der Waals surface area (Å²) < 4.78 is 5.61. The summed E-state index contributed by atoms with van der Waals surface area (Å²) >= 11 is 1.63. The molecule has 4 nitrogen and oxygen atoms in total. The second-order valence-electron chi connectivity index (χ2n) is 6.54. The number of hydrogen-bond acceptors (Lipinski definition) is 4. The molecule has 1 fully saturated rings. The number of thiazole rings is 1. The van der Waals surface area contributed by atoms with Gasteiger partial charge in [-0.05, 0) is 49.9 Å². The van der Waals surface area contributed by atoms with Crippen molar-refractivity contribution >= 4 is 17.2 Å². The van der Waals surface area contributed by atoms with Crippen LogP contribution >= 0.6 is 11.3 Å². The summed E-state index contributed by atoms with van der Waals surface area (Å²) in [6, 6.07) is 8.04. The topological polar surface area (TPSA) is 51.2 Å². The van der Waals surface area contributed by atoms with Crippen molar-refractivity contribution < 1.29 is 9.53 Å². The van der Waals surface area contributed by atoms with Crippen LogP contribution < -0.4 is 10.1 Å². The third-order valence-corrected chi connectivity index (χ3v) is 5.56.